The van der Waals surface area contributed by atoms with Crippen LogP contribution in [-0.2, 0) is 9.53 Å². The average molecular weight is 260 g/mol. The predicted octanol–water partition coefficient (Wildman–Crippen LogP) is 4.02. The van der Waals surface area contributed by atoms with Crippen LogP contribution in [0.2, 0.25) is 0 Å². The second-order valence-corrected chi connectivity index (χ2v) is 6.96. The normalized spacial score (nSPS) is 44.9. The number of carbonyl (C=O) groups excluding carboxylic acids is 1. The smallest absolute Gasteiger partial charge is 0.312 e. The number of fused-ring (bicyclic) bond motifs is 3. The fourth-order valence-electron chi connectivity index (χ4n) is 4.38. The van der Waals surface area contributed by atoms with Gasteiger partial charge in [-0.25, -0.2) is 0 Å². The molecule has 1 saturated heterocycles. The van der Waals surface area contributed by atoms with Crippen molar-refractivity contribution in [1.82, 2.24) is 0 Å². The van der Waals surface area contributed by atoms with Crippen LogP contribution in [-0.4, -0.2) is 12.1 Å². The lowest BCUT2D eigenvalue weighted by atomic mass is 9.58. The first-order valence-electron chi connectivity index (χ1n) is 7.51. The molecule has 0 bridgehead atoms. The summed E-state index contributed by atoms with van der Waals surface area (Å²) in [7, 11) is 0. The van der Waals surface area contributed by atoms with Crippen LogP contribution in [0.5, 0.6) is 0 Å². The van der Waals surface area contributed by atoms with Crippen molar-refractivity contribution in [3.63, 3.8) is 0 Å². The Labute approximate surface area is 115 Å². The summed E-state index contributed by atoms with van der Waals surface area (Å²) >= 11 is 0. The van der Waals surface area contributed by atoms with Crippen LogP contribution >= 0.6 is 0 Å². The molecule has 2 fully saturated rings. The van der Waals surface area contributed by atoms with Gasteiger partial charge in [0.15, 0.2) is 0 Å². The summed E-state index contributed by atoms with van der Waals surface area (Å²) in [6.07, 6.45) is 8.76. The van der Waals surface area contributed by atoms with E-state index in [1.807, 2.05) is 0 Å². The summed E-state index contributed by atoms with van der Waals surface area (Å²) < 4.78 is 5.85. The van der Waals surface area contributed by atoms with Crippen molar-refractivity contribution < 1.29 is 9.53 Å². The van der Waals surface area contributed by atoms with E-state index in [4.69, 9.17) is 4.74 Å². The molecule has 0 spiro atoms. The molecule has 0 aromatic heterocycles. The van der Waals surface area contributed by atoms with Gasteiger partial charge in [-0.3, -0.25) is 4.79 Å². The minimum absolute atomic E-state index is 0.0177. The highest BCUT2D eigenvalue weighted by atomic mass is 16.6. The number of esters is 1. The quantitative estimate of drug-likeness (QED) is 0.526. The predicted molar refractivity (Wildman–Crippen MR) is 75.6 cm³/mol. The molecular formula is C17H24O2. The van der Waals surface area contributed by atoms with Gasteiger partial charge in [-0.05, 0) is 45.1 Å². The van der Waals surface area contributed by atoms with Crippen LogP contribution in [0.3, 0.4) is 0 Å². The van der Waals surface area contributed by atoms with Gasteiger partial charge in [-0.15, -0.1) is 0 Å². The molecule has 3 aliphatic rings. The Morgan fingerprint density at radius 2 is 2.16 bits per heavy atom. The van der Waals surface area contributed by atoms with E-state index in [1.165, 1.54) is 11.1 Å². The number of carbonyl (C=O) groups is 1. The molecule has 3 rings (SSSR count). The van der Waals surface area contributed by atoms with Crippen molar-refractivity contribution in [3.8, 4) is 0 Å². The number of hydrogen-bond donors (Lipinski definition) is 0. The first kappa shape index (κ1) is 13.0. The Hall–Kier alpha value is -1.05. The Morgan fingerprint density at radius 1 is 1.42 bits per heavy atom. The monoisotopic (exact) mass is 260 g/mol. The zero-order valence-electron chi connectivity index (χ0n) is 12.5. The molecule has 104 valence electrons. The maximum Gasteiger partial charge on any atom is 0.312 e. The Bertz CT molecular complexity index is 487. The number of hydrogen-bond acceptors (Lipinski definition) is 2. The molecule has 2 heteroatoms. The lowest BCUT2D eigenvalue weighted by Gasteiger charge is -2.44. The molecule has 4 atom stereocenters. The van der Waals surface area contributed by atoms with Crippen LogP contribution < -0.4 is 0 Å². The van der Waals surface area contributed by atoms with Gasteiger partial charge in [0.05, 0.1) is 5.41 Å². The van der Waals surface area contributed by atoms with Crippen molar-refractivity contribution in [2.45, 2.75) is 59.5 Å². The fraction of sp³-hybridized carbons (Fsp3) is 0.706. The van der Waals surface area contributed by atoms with E-state index in [-0.39, 0.29) is 22.9 Å². The third kappa shape index (κ3) is 1.58. The van der Waals surface area contributed by atoms with E-state index in [2.05, 4.69) is 39.8 Å². The van der Waals surface area contributed by atoms with Gasteiger partial charge in [0.25, 0.3) is 0 Å². The molecule has 19 heavy (non-hydrogen) atoms. The lowest BCUT2D eigenvalue weighted by molar-refractivity contribution is -0.147. The third-order valence-electron chi connectivity index (χ3n) is 5.86. The summed E-state index contributed by atoms with van der Waals surface area (Å²) in [6, 6.07) is 0. The molecule has 2 aliphatic carbocycles. The SMILES string of the molecule is CCC1(C)C(=O)O[C@@H]2C3=C(C)CC=C[C@]3(C)CC[C@H]21. The van der Waals surface area contributed by atoms with Gasteiger partial charge in [-0.2, -0.15) is 0 Å². The van der Waals surface area contributed by atoms with Crippen molar-refractivity contribution >= 4 is 5.97 Å². The summed E-state index contributed by atoms with van der Waals surface area (Å²) in [5.41, 5.74) is 2.65. The number of allylic oxidation sites excluding steroid dienone is 3. The highest BCUT2D eigenvalue weighted by Crippen LogP contribution is 2.57. The third-order valence-corrected chi connectivity index (χ3v) is 5.86. The molecule has 0 amide bonds. The van der Waals surface area contributed by atoms with E-state index in [9.17, 15) is 4.79 Å². The highest BCUT2D eigenvalue weighted by molar-refractivity contribution is 5.80. The minimum atomic E-state index is -0.277. The summed E-state index contributed by atoms with van der Waals surface area (Å²) in [5, 5.41) is 0. The first-order chi connectivity index (χ1) is 8.92. The summed E-state index contributed by atoms with van der Waals surface area (Å²) in [5.74, 6) is 0.388. The molecule has 1 aliphatic heterocycles. The van der Waals surface area contributed by atoms with Crippen LogP contribution in [0.4, 0.5) is 0 Å². The molecule has 2 nitrogen and oxygen atoms in total. The molecule has 0 aromatic rings. The van der Waals surface area contributed by atoms with E-state index in [0.29, 0.717) is 5.92 Å². The first-order valence-corrected chi connectivity index (χ1v) is 7.51. The van der Waals surface area contributed by atoms with E-state index in [0.717, 1.165) is 25.7 Å². The van der Waals surface area contributed by atoms with Crippen LogP contribution in [0.1, 0.15) is 53.4 Å². The second kappa shape index (κ2) is 3.97. The zero-order valence-corrected chi connectivity index (χ0v) is 12.5. The maximum absolute atomic E-state index is 12.3. The Morgan fingerprint density at radius 3 is 2.84 bits per heavy atom. The topological polar surface area (TPSA) is 26.3 Å². The van der Waals surface area contributed by atoms with Gasteiger partial charge < -0.3 is 4.74 Å². The molecule has 1 heterocycles. The average Bonchev–Trinajstić information content (AvgIpc) is 2.61. The van der Waals surface area contributed by atoms with E-state index < -0.39 is 0 Å². The summed E-state index contributed by atoms with van der Waals surface area (Å²) in [4.78, 5) is 12.3. The molecule has 0 aromatic carbocycles. The van der Waals surface area contributed by atoms with Crippen LogP contribution in [0, 0.1) is 16.7 Å². The van der Waals surface area contributed by atoms with Gasteiger partial charge in [0, 0.05) is 11.3 Å². The van der Waals surface area contributed by atoms with E-state index in [1.54, 1.807) is 0 Å². The highest BCUT2D eigenvalue weighted by Gasteiger charge is 2.58. The number of ether oxygens (including phenoxy) is 1. The van der Waals surface area contributed by atoms with E-state index >= 15 is 0 Å². The second-order valence-electron chi connectivity index (χ2n) is 6.96. The largest absolute Gasteiger partial charge is 0.457 e. The van der Waals surface area contributed by atoms with Crippen LogP contribution in [0.25, 0.3) is 0 Å². The van der Waals surface area contributed by atoms with Gasteiger partial charge >= 0.3 is 5.97 Å². The van der Waals surface area contributed by atoms with Crippen molar-refractivity contribution in [2.75, 3.05) is 0 Å². The Kier molecular flexibility index (Phi) is 2.71. The van der Waals surface area contributed by atoms with Crippen molar-refractivity contribution in [2.24, 2.45) is 16.7 Å². The van der Waals surface area contributed by atoms with Crippen molar-refractivity contribution in [3.05, 3.63) is 23.3 Å². The Balaban J connectivity index is 2.06. The van der Waals surface area contributed by atoms with Gasteiger partial charge in [0.1, 0.15) is 6.10 Å². The zero-order chi connectivity index (χ0) is 13.8. The number of rotatable bonds is 1. The maximum atomic E-state index is 12.3. The lowest BCUT2D eigenvalue weighted by Crippen LogP contribution is -2.41. The molecule has 0 radical (unpaired) electrons. The van der Waals surface area contributed by atoms with Gasteiger partial charge in [-0.1, -0.05) is 31.6 Å². The van der Waals surface area contributed by atoms with Crippen molar-refractivity contribution in [1.29, 1.82) is 0 Å². The fourth-order valence-corrected chi connectivity index (χ4v) is 4.38. The van der Waals surface area contributed by atoms with Crippen LogP contribution in [0.15, 0.2) is 23.3 Å². The van der Waals surface area contributed by atoms with Gasteiger partial charge in [0.2, 0.25) is 0 Å². The molecular weight excluding hydrogens is 236 g/mol. The molecule has 1 unspecified atom stereocenters. The summed E-state index contributed by atoms with van der Waals surface area (Å²) in [6.45, 7) is 8.71. The molecule has 1 saturated carbocycles. The molecule has 0 N–H and O–H groups in total. The minimum Gasteiger partial charge on any atom is -0.457 e. The standard InChI is InChI=1S/C17H24O2/c1-5-17(4)12-8-10-16(3)9-6-7-11(2)13(16)14(12)19-15(17)18/h6,9,12,14H,5,7-8,10H2,1-4H3/t12-,14+,16-,17?/m1/s1.